The second kappa shape index (κ2) is 7.14. The fraction of sp³-hybridized carbons (Fsp3) is 0.480. The van der Waals surface area contributed by atoms with Gasteiger partial charge in [0.15, 0.2) is 0 Å². The molecule has 3 rings (SSSR count). The lowest BCUT2D eigenvalue weighted by atomic mass is 9.82. The Labute approximate surface area is 164 Å². The molecule has 0 fully saturated rings. The molecule has 0 amide bonds. The number of ether oxygens (including phenoxy) is 1. The number of hydrogen-bond acceptors (Lipinski definition) is 2. The van der Waals surface area contributed by atoms with E-state index in [9.17, 15) is 0 Å². The lowest BCUT2D eigenvalue weighted by Gasteiger charge is -2.25. The van der Waals surface area contributed by atoms with Crippen molar-refractivity contribution in [3.8, 4) is 16.9 Å². The largest absolute Gasteiger partial charge is 0.496 e. The number of hydrogen-bond donors (Lipinski definition) is 0. The number of pyridine rings is 1. The summed E-state index contributed by atoms with van der Waals surface area (Å²) in [6, 6.07) is 11.0. The van der Waals surface area contributed by atoms with Gasteiger partial charge in [-0.1, -0.05) is 59.8 Å². The predicted octanol–water partition coefficient (Wildman–Crippen LogP) is 6.92. The Balaban J connectivity index is 2.21. The van der Waals surface area contributed by atoms with Crippen molar-refractivity contribution < 1.29 is 4.74 Å². The Kier molecular flexibility index (Phi) is 5.20. The van der Waals surface area contributed by atoms with E-state index in [1.54, 1.807) is 7.11 Å². The lowest BCUT2D eigenvalue weighted by molar-refractivity contribution is 0.415. The molecule has 0 aliphatic heterocycles. The Bertz CT molecular complexity index is 863. The summed E-state index contributed by atoms with van der Waals surface area (Å²) in [6.45, 7) is 13.5. The summed E-state index contributed by atoms with van der Waals surface area (Å²) in [5.74, 6) is 0.906. The van der Waals surface area contributed by atoms with E-state index in [0.717, 1.165) is 29.1 Å². The highest BCUT2D eigenvalue weighted by Gasteiger charge is 2.25. The molecular formula is C25H33NO. The van der Waals surface area contributed by atoms with Crippen LogP contribution >= 0.6 is 0 Å². The van der Waals surface area contributed by atoms with Crippen LogP contribution in [-0.4, -0.2) is 12.1 Å². The SMILES string of the molecule is COc1ccc(C(C)(C)C)cc1-c1ccc(C2=CCCC2)nc1C(C)(C)C. The minimum absolute atomic E-state index is 0.0484. The minimum atomic E-state index is -0.0484. The van der Waals surface area contributed by atoms with Crippen LogP contribution in [0, 0.1) is 0 Å². The van der Waals surface area contributed by atoms with Crippen molar-refractivity contribution >= 4 is 5.57 Å². The van der Waals surface area contributed by atoms with Crippen LogP contribution in [0.3, 0.4) is 0 Å². The van der Waals surface area contributed by atoms with Gasteiger partial charge in [0.25, 0.3) is 0 Å². The standard InChI is InChI=1S/C25H33NO/c1-24(2,3)18-12-15-22(27-7)20(16-18)19-13-14-21(17-10-8-9-11-17)26-23(19)25(4,5)6/h10,12-16H,8-9,11H2,1-7H3. The van der Waals surface area contributed by atoms with Gasteiger partial charge in [-0.25, -0.2) is 0 Å². The molecule has 27 heavy (non-hydrogen) atoms. The highest BCUT2D eigenvalue weighted by Crippen LogP contribution is 2.40. The quantitative estimate of drug-likeness (QED) is 0.590. The molecule has 1 heterocycles. The third-order valence-corrected chi connectivity index (χ3v) is 5.33. The second-order valence-electron chi connectivity index (χ2n) is 9.63. The molecule has 2 nitrogen and oxygen atoms in total. The summed E-state index contributed by atoms with van der Waals surface area (Å²) >= 11 is 0. The van der Waals surface area contributed by atoms with E-state index in [-0.39, 0.29) is 10.8 Å². The van der Waals surface area contributed by atoms with Crippen LogP contribution in [0.25, 0.3) is 16.7 Å². The van der Waals surface area contributed by atoms with Crippen molar-refractivity contribution in [3.05, 3.63) is 53.4 Å². The number of benzene rings is 1. The third-order valence-electron chi connectivity index (χ3n) is 5.33. The highest BCUT2D eigenvalue weighted by molar-refractivity contribution is 5.76. The maximum Gasteiger partial charge on any atom is 0.126 e. The van der Waals surface area contributed by atoms with Crippen molar-refractivity contribution in [3.63, 3.8) is 0 Å². The molecule has 0 unspecified atom stereocenters. The monoisotopic (exact) mass is 363 g/mol. The van der Waals surface area contributed by atoms with Crippen LogP contribution in [0.4, 0.5) is 0 Å². The molecule has 144 valence electrons. The molecule has 2 heteroatoms. The van der Waals surface area contributed by atoms with Gasteiger partial charge in [-0.2, -0.15) is 0 Å². The maximum atomic E-state index is 5.73. The van der Waals surface area contributed by atoms with E-state index in [1.807, 2.05) is 0 Å². The molecule has 0 bridgehead atoms. The number of nitrogens with zero attached hydrogens (tertiary/aromatic N) is 1. The van der Waals surface area contributed by atoms with Crippen molar-refractivity contribution in [2.24, 2.45) is 0 Å². The van der Waals surface area contributed by atoms with Gasteiger partial charge in [-0.05, 0) is 54.0 Å². The molecule has 0 spiro atoms. The van der Waals surface area contributed by atoms with Gasteiger partial charge in [0, 0.05) is 16.5 Å². The molecule has 0 radical (unpaired) electrons. The van der Waals surface area contributed by atoms with Crippen LogP contribution in [-0.2, 0) is 10.8 Å². The smallest absolute Gasteiger partial charge is 0.126 e. The van der Waals surface area contributed by atoms with Gasteiger partial charge in [-0.15, -0.1) is 0 Å². The van der Waals surface area contributed by atoms with Crippen LogP contribution in [0.1, 0.15) is 77.8 Å². The van der Waals surface area contributed by atoms with Crippen molar-refractivity contribution in [2.45, 2.75) is 71.6 Å². The zero-order valence-corrected chi connectivity index (χ0v) is 17.9. The fourth-order valence-corrected chi connectivity index (χ4v) is 3.72. The van der Waals surface area contributed by atoms with E-state index in [4.69, 9.17) is 9.72 Å². The molecule has 1 aliphatic rings. The van der Waals surface area contributed by atoms with E-state index in [1.165, 1.54) is 29.5 Å². The third kappa shape index (κ3) is 4.10. The van der Waals surface area contributed by atoms with Crippen LogP contribution in [0.2, 0.25) is 0 Å². The molecule has 0 N–H and O–H groups in total. The van der Waals surface area contributed by atoms with E-state index >= 15 is 0 Å². The van der Waals surface area contributed by atoms with Crippen LogP contribution in [0.15, 0.2) is 36.4 Å². The van der Waals surface area contributed by atoms with Gasteiger partial charge < -0.3 is 4.74 Å². The average Bonchev–Trinajstić information content (AvgIpc) is 3.13. The normalized spacial score (nSPS) is 15.0. The first-order chi connectivity index (χ1) is 12.6. The molecule has 0 atom stereocenters. The zero-order chi connectivity index (χ0) is 19.8. The lowest BCUT2D eigenvalue weighted by Crippen LogP contribution is -2.17. The number of rotatable bonds is 3. The van der Waals surface area contributed by atoms with E-state index in [0.29, 0.717) is 0 Å². The van der Waals surface area contributed by atoms with E-state index < -0.39 is 0 Å². The molecule has 1 aromatic heterocycles. The Morgan fingerprint density at radius 2 is 1.63 bits per heavy atom. The van der Waals surface area contributed by atoms with Gasteiger partial charge in [0.2, 0.25) is 0 Å². The number of methoxy groups -OCH3 is 1. The minimum Gasteiger partial charge on any atom is -0.496 e. The van der Waals surface area contributed by atoms with Crippen molar-refractivity contribution in [1.82, 2.24) is 4.98 Å². The second-order valence-corrected chi connectivity index (χ2v) is 9.63. The fourth-order valence-electron chi connectivity index (χ4n) is 3.72. The molecular weight excluding hydrogens is 330 g/mol. The van der Waals surface area contributed by atoms with Gasteiger partial charge in [0.1, 0.15) is 5.75 Å². The van der Waals surface area contributed by atoms with Gasteiger partial charge >= 0.3 is 0 Å². The van der Waals surface area contributed by atoms with Gasteiger partial charge in [0.05, 0.1) is 18.5 Å². The molecule has 1 aromatic carbocycles. The zero-order valence-electron chi connectivity index (χ0n) is 17.9. The van der Waals surface area contributed by atoms with Crippen LogP contribution < -0.4 is 4.74 Å². The summed E-state index contributed by atoms with van der Waals surface area (Å²) in [5, 5.41) is 0. The van der Waals surface area contributed by atoms with Gasteiger partial charge in [-0.3, -0.25) is 4.98 Å². The van der Waals surface area contributed by atoms with Crippen LogP contribution in [0.5, 0.6) is 5.75 Å². The summed E-state index contributed by atoms with van der Waals surface area (Å²) in [5.41, 5.74) is 7.31. The first-order valence-corrected chi connectivity index (χ1v) is 10.0. The first kappa shape index (κ1) is 19.7. The summed E-state index contributed by atoms with van der Waals surface area (Å²) in [7, 11) is 1.75. The Hall–Kier alpha value is -2.09. The first-order valence-electron chi connectivity index (χ1n) is 10.0. The highest BCUT2D eigenvalue weighted by atomic mass is 16.5. The maximum absolute atomic E-state index is 5.73. The molecule has 1 aliphatic carbocycles. The molecule has 2 aromatic rings. The topological polar surface area (TPSA) is 22.1 Å². The molecule has 0 saturated carbocycles. The summed E-state index contributed by atoms with van der Waals surface area (Å²) in [4.78, 5) is 5.15. The van der Waals surface area contributed by atoms with Crippen molar-refractivity contribution in [2.75, 3.05) is 7.11 Å². The Morgan fingerprint density at radius 3 is 2.19 bits per heavy atom. The number of aromatic nitrogens is 1. The van der Waals surface area contributed by atoms with E-state index in [2.05, 4.69) is 78.0 Å². The van der Waals surface area contributed by atoms with Crippen molar-refractivity contribution in [1.29, 1.82) is 0 Å². The number of allylic oxidation sites excluding steroid dienone is 2. The average molecular weight is 364 g/mol. The summed E-state index contributed by atoms with van der Waals surface area (Å²) in [6.07, 6.45) is 5.89. The Morgan fingerprint density at radius 1 is 0.889 bits per heavy atom. The summed E-state index contributed by atoms with van der Waals surface area (Å²) < 4.78 is 5.73. The molecule has 0 saturated heterocycles. The predicted molar refractivity (Wildman–Crippen MR) is 115 cm³/mol.